The summed E-state index contributed by atoms with van der Waals surface area (Å²) in [5.74, 6) is 0.666. The smallest absolute Gasteiger partial charge is 0.138 e. The Labute approximate surface area is 59.2 Å². The van der Waals surface area contributed by atoms with E-state index in [0.717, 1.165) is 0 Å². The third-order valence-electron chi connectivity index (χ3n) is 0.996. The molecule has 2 heteroatoms. The van der Waals surface area contributed by atoms with Crippen LogP contribution in [-0.2, 0) is 0 Å². The SMILES string of the molecule is COc1c[c]ccc1Cl. The zero-order valence-electron chi connectivity index (χ0n) is 5.02. The molecule has 0 atom stereocenters. The van der Waals surface area contributed by atoms with E-state index in [9.17, 15) is 0 Å². The highest BCUT2D eigenvalue weighted by atomic mass is 35.5. The normalized spacial score (nSPS) is 9.11. The lowest BCUT2D eigenvalue weighted by Gasteiger charge is -1.98. The maximum absolute atomic E-state index is 5.68. The van der Waals surface area contributed by atoms with Gasteiger partial charge in [-0.15, -0.1) is 0 Å². The highest BCUT2D eigenvalue weighted by Crippen LogP contribution is 2.21. The molecule has 0 saturated heterocycles. The van der Waals surface area contributed by atoms with Gasteiger partial charge >= 0.3 is 0 Å². The number of methoxy groups -OCH3 is 1. The molecule has 0 fully saturated rings. The van der Waals surface area contributed by atoms with Gasteiger partial charge in [-0.2, -0.15) is 0 Å². The van der Waals surface area contributed by atoms with Gasteiger partial charge in [0.2, 0.25) is 0 Å². The predicted octanol–water partition coefficient (Wildman–Crippen LogP) is 2.15. The predicted molar refractivity (Wildman–Crippen MR) is 36.8 cm³/mol. The van der Waals surface area contributed by atoms with Gasteiger partial charge in [0.25, 0.3) is 0 Å². The van der Waals surface area contributed by atoms with Crippen LogP contribution in [0.1, 0.15) is 0 Å². The fourth-order valence-corrected chi connectivity index (χ4v) is 0.747. The van der Waals surface area contributed by atoms with E-state index in [-0.39, 0.29) is 0 Å². The Morgan fingerprint density at radius 1 is 1.67 bits per heavy atom. The van der Waals surface area contributed by atoms with Gasteiger partial charge in [0.1, 0.15) is 5.75 Å². The largest absolute Gasteiger partial charge is 0.495 e. The van der Waals surface area contributed by atoms with E-state index in [0.29, 0.717) is 10.8 Å². The lowest BCUT2D eigenvalue weighted by Crippen LogP contribution is -1.81. The first kappa shape index (κ1) is 6.43. The molecule has 0 saturated carbocycles. The molecule has 1 nitrogen and oxygen atoms in total. The van der Waals surface area contributed by atoms with Crippen molar-refractivity contribution < 1.29 is 4.74 Å². The molecule has 0 aliphatic rings. The summed E-state index contributed by atoms with van der Waals surface area (Å²) in [4.78, 5) is 0. The molecule has 1 rings (SSSR count). The Hall–Kier alpha value is -0.690. The zero-order valence-corrected chi connectivity index (χ0v) is 5.77. The summed E-state index contributed by atoms with van der Waals surface area (Å²) in [6.07, 6.45) is 0. The molecule has 0 unspecified atom stereocenters. The van der Waals surface area contributed by atoms with E-state index >= 15 is 0 Å². The molecule has 1 aromatic rings. The van der Waals surface area contributed by atoms with Crippen molar-refractivity contribution in [3.05, 3.63) is 29.3 Å². The monoisotopic (exact) mass is 141 g/mol. The standard InChI is InChI=1S/C7H6ClO/c1-9-7-5-3-2-4-6(7)8/h2,4-5H,1H3. The Bertz CT molecular complexity index is 198. The highest BCUT2D eigenvalue weighted by molar-refractivity contribution is 6.32. The molecule has 0 N–H and O–H groups in total. The third kappa shape index (κ3) is 1.36. The molecule has 0 aliphatic carbocycles. The summed E-state index contributed by atoms with van der Waals surface area (Å²) in [5, 5.41) is 0.622. The van der Waals surface area contributed by atoms with Crippen LogP contribution in [0.15, 0.2) is 18.2 Å². The molecular weight excluding hydrogens is 136 g/mol. The number of halogens is 1. The summed E-state index contributed by atoms with van der Waals surface area (Å²) in [5.41, 5.74) is 0. The Kier molecular flexibility index (Phi) is 1.96. The number of hydrogen-bond donors (Lipinski definition) is 0. The highest BCUT2D eigenvalue weighted by Gasteiger charge is 1.93. The molecular formula is C7H6ClO. The second-order valence-corrected chi connectivity index (χ2v) is 1.97. The van der Waals surface area contributed by atoms with Crippen LogP contribution in [0.5, 0.6) is 5.75 Å². The van der Waals surface area contributed by atoms with Crippen LogP contribution in [0.2, 0.25) is 5.02 Å². The van der Waals surface area contributed by atoms with Gasteiger partial charge < -0.3 is 4.74 Å². The van der Waals surface area contributed by atoms with E-state index < -0.39 is 0 Å². The lowest BCUT2D eigenvalue weighted by atomic mass is 10.3. The molecule has 0 spiro atoms. The number of rotatable bonds is 1. The summed E-state index contributed by atoms with van der Waals surface area (Å²) in [7, 11) is 1.58. The molecule has 0 aliphatic heterocycles. The van der Waals surface area contributed by atoms with E-state index in [2.05, 4.69) is 6.07 Å². The van der Waals surface area contributed by atoms with E-state index in [1.807, 2.05) is 0 Å². The van der Waals surface area contributed by atoms with Gasteiger partial charge in [0, 0.05) is 0 Å². The van der Waals surface area contributed by atoms with Gasteiger partial charge in [0.15, 0.2) is 0 Å². The molecule has 0 bridgehead atoms. The van der Waals surface area contributed by atoms with Crippen molar-refractivity contribution in [3.63, 3.8) is 0 Å². The fraction of sp³-hybridized carbons (Fsp3) is 0.143. The quantitative estimate of drug-likeness (QED) is 0.582. The maximum atomic E-state index is 5.68. The molecule has 1 aromatic carbocycles. The van der Waals surface area contributed by atoms with Crippen LogP contribution in [-0.4, -0.2) is 7.11 Å². The van der Waals surface area contributed by atoms with E-state index in [4.69, 9.17) is 16.3 Å². The fourth-order valence-electron chi connectivity index (χ4n) is 0.553. The van der Waals surface area contributed by atoms with Crippen LogP contribution in [0.4, 0.5) is 0 Å². The number of benzene rings is 1. The van der Waals surface area contributed by atoms with Crippen molar-refractivity contribution >= 4 is 11.6 Å². The second kappa shape index (κ2) is 2.74. The first-order chi connectivity index (χ1) is 4.34. The van der Waals surface area contributed by atoms with Crippen molar-refractivity contribution in [2.75, 3.05) is 7.11 Å². The van der Waals surface area contributed by atoms with Crippen molar-refractivity contribution in [1.82, 2.24) is 0 Å². The van der Waals surface area contributed by atoms with Gasteiger partial charge in [0.05, 0.1) is 12.1 Å². The Balaban J connectivity index is 3.01. The summed E-state index contributed by atoms with van der Waals surface area (Å²) in [6.45, 7) is 0. The van der Waals surface area contributed by atoms with Gasteiger partial charge in [-0.25, -0.2) is 0 Å². The summed E-state index contributed by atoms with van der Waals surface area (Å²) in [6, 6.07) is 8.02. The summed E-state index contributed by atoms with van der Waals surface area (Å²) < 4.78 is 4.88. The third-order valence-corrected chi connectivity index (χ3v) is 1.31. The van der Waals surface area contributed by atoms with Crippen LogP contribution in [0.3, 0.4) is 0 Å². The Morgan fingerprint density at radius 2 is 2.44 bits per heavy atom. The minimum atomic E-state index is 0.622. The van der Waals surface area contributed by atoms with E-state index in [1.54, 1.807) is 25.3 Å². The molecule has 1 radical (unpaired) electrons. The van der Waals surface area contributed by atoms with Crippen molar-refractivity contribution in [3.8, 4) is 5.75 Å². The maximum Gasteiger partial charge on any atom is 0.138 e. The van der Waals surface area contributed by atoms with Crippen molar-refractivity contribution in [2.24, 2.45) is 0 Å². The number of hydrogen-bond acceptors (Lipinski definition) is 1. The van der Waals surface area contributed by atoms with Crippen LogP contribution < -0.4 is 4.74 Å². The van der Waals surface area contributed by atoms with Crippen LogP contribution in [0.25, 0.3) is 0 Å². The molecule has 0 aromatic heterocycles. The van der Waals surface area contributed by atoms with Crippen LogP contribution >= 0.6 is 11.6 Å². The molecule has 47 valence electrons. The first-order valence-electron chi connectivity index (χ1n) is 2.54. The zero-order chi connectivity index (χ0) is 6.69. The first-order valence-corrected chi connectivity index (χ1v) is 2.92. The topological polar surface area (TPSA) is 9.23 Å². The van der Waals surface area contributed by atoms with Crippen molar-refractivity contribution in [2.45, 2.75) is 0 Å². The lowest BCUT2D eigenvalue weighted by molar-refractivity contribution is 0.415. The van der Waals surface area contributed by atoms with Crippen LogP contribution in [0, 0.1) is 6.07 Å². The van der Waals surface area contributed by atoms with Gasteiger partial charge in [-0.1, -0.05) is 17.7 Å². The van der Waals surface area contributed by atoms with Crippen molar-refractivity contribution in [1.29, 1.82) is 0 Å². The molecule has 0 heterocycles. The molecule has 0 amide bonds. The second-order valence-electron chi connectivity index (χ2n) is 1.56. The van der Waals surface area contributed by atoms with Gasteiger partial charge in [-0.05, 0) is 18.2 Å². The average molecular weight is 142 g/mol. The molecule has 9 heavy (non-hydrogen) atoms. The summed E-state index contributed by atoms with van der Waals surface area (Å²) >= 11 is 5.68. The van der Waals surface area contributed by atoms with Gasteiger partial charge in [-0.3, -0.25) is 0 Å². The minimum absolute atomic E-state index is 0.622. The average Bonchev–Trinajstić information content (AvgIpc) is 1.89. The van der Waals surface area contributed by atoms with E-state index in [1.165, 1.54) is 0 Å². The number of ether oxygens (including phenoxy) is 1. The minimum Gasteiger partial charge on any atom is -0.495 e. The Morgan fingerprint density at radius 3 is 2.89 bits per heavy atom.